The predicted octanol–water partition coefficient (Wildman–Crippen LogP) is 2.79. The van der Waals surface area contributed by atoms with Crippen molar-refractivity contribution < 1.29 is 19.0 Å². The van der Waals surface area contributed by atoms with Gasteiger partial charge in [0.2, 0.25) is 6.79 Å². The van der Waals surface area contributed by atoms with Crippen LogP contribution in [0.1, 0.15) is 33.5 Å². The molecule has 0 aliphatic carbocycles. The van der Waals surface area contributed by atoms with Gasteiger partial charge in [0.1, 0.15) is 15.5 Å². The lowest BCUT2D eigenvalue weighted by atomic mass is 10.1. The second-order valence-electron chi connectivity index (χ2n) is 5.83. The number of hydrogen-bond acceptors (Lipinski definition) is 7. The first-order valence-electron chi connectivity index (χ1n) is 8.14. The molecule has 8 heteroatoms. The summed E-state index contributed by atoms with van der Waals surface area (Å²) >= 11 is 1.18. The number of esters is 1. The molecule has 0 amide bonds. The Bertz CT molecular complexity index is 1070. The molecular weight excluding hydrogens is 356 g/mol. The van der Waals surface area contributed by atoms with Crippen molar-refractivity contribution in [2.45, 2.75) is 20.3 Å². The smallest absolute Gasteiger partial charge is 0.348 e. The molecule has 1 N–H and O–H groups in total. The van der Waals surface area contributed by atoms with Gasteiger partial charge in [-0.15, -0.1) is 11.3 Å². The molecule has 0 radical (unpaired) electrons. The van der Waals surface area contributed by atoms with Gasteiger partial charge in [-0.3, -0.25) is 4.79 Å². The molecule has 1 aliphatic heterocycles. The number of hydrogen-bond donors (Lipinski definition) is 1. The summed E-state index contributed by atoms with van der Waals surface area (Å²) in [4.78, 5) is 32.8. The Morgan fingerprint density at radius 1 is 1.35 bits per heavy atom. The van der Waals surface area contributed by atoms with E-state index in [2.05, 4.69) is 9.97 Å². The molecular formula is C18H16N2O5S. The minimum Gasteiger partial charge on any atom is -0.462 e. The highest BCUT2D eigenvalue weighted by atomic mass is 32.1. The molecule has 0 spiro atoms. The number of ether oxygens (including phenoxy) is 3. The molecule has 0 saturated heterocycles. The first kappa shape index (κ1) is 16.6. The average molecular weight is 372 g/mol. The number of aromatic nitrogens is 2. The predicted molar refractivity (Wildman–Crippen MR) is 96.3 cm³/mol. The van der Waals surface area contributed by atoms with Gasteiger partial charge in [0.25, 0.3) is 5.56 Å². The highest BCUT2D eigenvalue weighted by Gasteiger charge is 2.20. The number of aromatic amines is 1. The lowest BCUT2D eigenvalue weighted by Crippen LogP contribution is -2.12. The van der Waals surface area contributed by atoms with Crippen LogP contribution in [-0.2, 0) is 11.2 Å². The van der Waals surface area contributed by atoms with Gasteiger partial charge in [-0.2, -0.15) is 0 Å². The lowest BCUT2D eigenvalue weighted by Gasteiger charge is -2.03. The highest BCUT2D eigenvalue weighted by molar-refractivity contribution is 7.20. The van der Waals surface area contributed by atoms with Gasteiger partial charge in [0.05, 0.1) is 12.0 Å². The summed E-state index contributed by atoms with van der Waals surface area (Å²) in [5, 5.41) is 0.437. The van der Waals surface area contributed by atoms with E-state index in [9.17, 15) is 9.59 Å². The van der Waals surface area contributed by atoms with Gasteiger partial charge in [-0.25, -0.2) is 9.78 Å². The fourth-order valence-electron chi connectivity index (χ4n) is 2.91. The standard InChI is InChI=1S/C18H16N2O5S/c1-3-23-18(22)15-9(2)14-16(21)19-13(20-17(14)26-15)7-10-4-5-11-12(6-10)25-8-24-11/h4-6H,3,7-8H2,1-2H3,(H,19,20,21). The average Bonchev–Trinajstić information content (AvgIpc) is 3.19. The van der Waals surface area contributed by atoms with Crippen molar-refractivity contribution in [2.75, 3.05) is 13.4 Å². The fraction of sp³-hybridized carbons (Fsp3) is 0.278. The molecule has 0 saturated carbocycles. The Hall–Kier alpha value is -2.87. The summed E-state index contributed by atoms with van der Waals surface area (Å²) < 4.78 is 15.7. The lowest BCUT2D eigenvalue weighted by molar-refractivity contribution is 0.0531. The van der Waals surface area contributed by atoms with Gasteiger partial charge >= 0.3 is 5.97 Å². The molecule has 3 aromatic rings. The van der Waals surface area contributed by atoms with E-state index in [1.165, 1.54) is 11.3 Å². The van der Waals surface area contributed by atoms with Crippen LogP contribution < -0.4 is 15.0 Å². The number of carbonyl (C=O) groups is 1. The van der Waals surface area contributed by atoms with E-state index in [-0.39, 0.29) is 19.0 Å². The topological polar surface area (TPSA) is 90.5 Å². The molecule has 0 bridgehead atoms. The van der Waals surface area contributed by atoms with E-state index in [0.717, 1.165) is 5.56 Å². The van der Waals surface area contributed by atoms with Gasteiger partial charge in [-0.1, -0.05) is 6.07 Å². The molecule has 26 heavy (non-hydrogen) atoms. The molecule has 0 fully saturated rings. The Balaban J connectivity index is 1.71. The van der Waals surface area contributed by atoms with E-state index in [4.69, 9.17) is 14.2 Å². The summed E-state index contributed by atoms with van der Waals surface area (Å²) in [5.41, 5.74) is 1.29. The van der Waals surface area contributed by atoms with Crippen molar-refractivity contribution in [3.8, 4) is 11.5 Å². The summed E-state index contributed by atoms with van der Waals surface area (Å²) in [6, 6.07) is 5.61. The second kappa shape index (κ2) is 6.45. The number of carbonyl (C=O) groups excluding carboxylic acids is 1. The summed E-state index contributed by atoms with van der Waals surface area (Å²) in [6.07, 6.45) is 0.438. The number of fused-ring (bicyclic) bond motifs is 2. The molecule has 1 aromatic carbocycles. The Morgan fingerprint density at radius 3 is 2.96 bits per heavy atom. The number of benzene rings is 1. The minimum absolute atomic E-state index is 0.213. The molecule has 1 aliphatic rings. The van der Waals surface area contributed by atoms with Crippen molar-refractivity contribution in [1.82, 2.24) is 9.97 Å². The first-order valence-corrected chi connectivity index (χ1v) is 8.96. The number of rotatable bonds is 4. The Kier molecular flexibility index (Phi) is 4.12. The van der Waals surface area contributed by atoms with Gasteiger partial charge in [0, 0.05) is 6.42 Å². The van der Waals surface area contributed by atoms with Crippen LogP contribution in [0.2, 0.25) is 0 Å². The van der Waals surface area contributed by atoms with Crippen molar-refractivity contribution in [3.05, 3.63) is 50.4 Å². The maximum absolute atomic E-state index is 12.5. The van der Waals surface area contributed by atoms with Crippen LogP contribution in [0.25, 0.3) is 10.2 Å². The Labute approximate surface area is 152 Å². The molecule has 7 nitrogen and oxygen atoms in total. The molecule has 2 aromatic heterocycles. The zero-order valence-electron chi connectivity index (χ0n) is 14.3. The normalized spacial score (nSPS) is 12.5. The van der Waals surface area contributed by atoms with Gasteiger partial charge < -0.3 is 19.2 Å². The summed E-state index contributed by atoms with van der Waals surface area (Å²) in [5.74, 6) is 1.49. The molecule has 3 heterocycles. The van der Waals surface area contributed by atoms with Crippen LogP contribution in [0.5, 0.6) is 11.5 Å². The fourth-order valence-corrected chi connectivity index (χ4v) is 4.00. The monoisotopic (exact) mass is 372 g/mol. The largest absolute Gasteiger partial charge is 0.462 e. The third-order valence-electron chi connectivity index (χ3n) is 4.12. The molecule has 0 unspecified atom stereocenters. The third kappa shape index (κ3) is 2.82. The molecule has 134 valence electrons. The highest BCUT2D eigenvalue weighted by Crippen LogP contribution is 2.33. The van der Waals surface area contributed by atoms with Crippen LogP contribution in [0, 0.1) is 6.92 Å². The molecule has 4 rings (SSSR count). The van der Waals surface area contributed by atoms with Crippen molar-refractivity contribution in [2.24, 2.45) is 0 Å². The minimum atomic E-state index is -0.426. The van der Waals surface area contributed by atoms with Crippen LogP contribution in [0.15, 0.2) is 23.0 Å². The van der Waals surface area contributed by atoms with Crippen molar-refractivity contribution in [1.29, 1.82) is 0 Å². The first-order chi connectivity index (χ1) is 12.6. The number of aryl methyl sites for hydroxylation is 1. The zero-order chi connectivity index (χ0) is 18.3. The quantitative estimate of drug-likeness (QED) is 0.708. The van der Waals surface area contributed by atoms with Crippen molar-refractivity contribution in [3.63, 3.8) is 0 Å². The van der Waals surface area contributed by atoms with Gasteiger partial charge in [-0.05, 0) is 37.1 Å². The van der Waals surface area contributed by atoms with E-state index < -0.39 is 5.97 Å². The number of thiophene rings is 1. The number of H-pyrrole nitrogens is 1. The Morgan fingerprint density at radius 2 is 2.15 bits per heavy atom. The van der Waals surface area contributed by atoms with E-state index >= 15 is 0 Å². The van der Waals surface area contributed by atoms with Crippen LogP contribution >= 0.6 is 11.3 Å². The summed E-state index contributed by atoms with van der Waals surface area (Å²) in [6.45, 7) is 3.98. The van der Waals surface area contributed by atoms with E-state index in [1.807, 2.05) is 18.2 Å². The SMILES string of the molecule is CCOC(=O)c1sc2nc(Cc3ccc4c(c3)OCO4)[nH]c(=O)c2c1C. The van der Waals surface area contributed by atoms with E-state index in [0.29, 0.717) is 44.4 Å². The number of nitrogens with zero attached hydrogens (tertiary/aromatic N) is 1. The van der Waals surface area contributed by atoms with Gasteiger partial charge in [0.15, 0.2) is 11.5 Å². The zero-order valence-corrected chi connectivity index (χ0v) is 15.1. The third-order valence-corrected chi connectivity index (χ3v) is 5.28. The maximum Gasteiger partial charge on any atom is 0.348 e. The van der Waals surface area contributed by atoms with E-state index in [1.54, 1.807) is 13.8 Å². The second-order valence-corrected chi connectivity index (χ2v) is 6.83. The van der Waals surface area contributed by atoms with Crippen LogP contribution in [0.4, 0.5) is 0 Å². The maximum atomic E-state index is 12.5. The molecule has 0 atom stereocenters. The van der Waals surface area contributed by atoms with Crippen LogP contribution in [-0.4, -0.2) is 29.3 Å². The van der Waals surface area contributed by atoms with Crippen LogP contribution in [0.3, 0.4) is 0 Å². The summed E-state index contributed by atoms with van der Waals surface area (Å²) in [7, 11) is 0. The number of nitrogens with one attached hydrogen (secondary N) is 1. The van der Waals surface area contributed by atoms with Crippen molar-refractivity contribution >= 4 is 27.5 Å².